The van der Waals surface area contributed by atoms with Crippen LogP contribution < -0.4 is 0 Å². The first kappa shape index (κ1) is 65.2. The molecule has 0 bridgehead atoms. The number of likely N-dealkylation sites (N-methyl/N-ethyl adjacent to an activating group) is 2. The molecule has 15 heteroatoms. The zero-order valence-corrected chi connectivity index (χ0v) is 47.7. The average Bonchev–Trinajstić information content (AvgIpc) is 3.35. The lowest BCUT2D eigenvalue weighted by atomic mass is 9.77. The molecule has 3 aliphatic rings. The van der Waals surface area contributed by atoms with Crippen LogP contribution in [0.4, 0.5) is 0 Å². The molecule has 1 amide bonds. The maximum Gasteiger partial charge on any atom is 0.311 e. The number of ether oxygens (including phenoxy) is 6. The highest BCUT2D eigenvalue weighted by Crippen LogP contribution is 2.40. The summed E-state index contributed by atoms with van der Waals surface area (Å²) in [5.41, 5.74) is -4.58. The summed E-state index contributed by atoms with van der Waals surface area (Å²) < 4.78 is 38.1. The van der Waals surface area contributed by atoms with Crippen molar-refractivity contribution in [2.45, 2.75) is 244 Å². The summed E-state index contributed by atoms with van der Waals surface area (Å²) in [6.07, 6.45) is 22.3. The summed E-state index contributed by atoms with van der Waals surface area (Å²) in [4.78, 5) is 31.6. The summed E-state index contributed by atoms with van der Waals surface area (Å²) in [5, 5.41) is 59.5. The van der Waals surface area contributed by atoms with E-state index in [2.05, 4.69) is 67.7 Å². The molecule has 0 aromatic rings. The predicted octanol–water partition coefficient (Wildman–Crippen LogP) is 8.28. The molecule has 0 saturated carbocycles. The number of nitrogens with zero attached hydrogens (tertiary/aromatic N) is 2. The molecule has 0 radical (unpaired) electrons. The van der Waals surface area contributed by atoms with Crippen molar-refractivity contribution in [2.24, 2.45) is 17.8 Å². The highest BCUT2D eigenvalue weighted by molar-refractivity contribution is 5.76. The van der Waals surface area contributed by atoms with Crippen LogP contribution in [-0.4, -0.2) is 165 Å². The average molecular weight is 1050 g/mol. The highest BCUT2D eigenvalue weighted by atomic mass is 16.7. The van der Waals surface area contributed by atoms with E-state index in [0.717, 1.165) is 38.5 Å². The summed E-state index contributed by atoms with van der Waals surface area (Å²) in [6.45, 7) is 19.9. The first-order chi connectivity index (χ1) is 34.9. The van der Waals surface area contributed by atoms with Gasteiger partial charge in [0.2, 0.25) is 5.91 Å². The van der Waals surface area contributed by atoms with Gasteiger partial charge in [-0.05, 0) is 126 Å². The third kappa shape index (κ3) is 19.1. The summed E-state index contributed by atoms with van der Waals surface area (Å²) >= 11 is 0. The molecule has 74 heavy (non-hydrogen) atoms. The Morgan fingerprint density at radius 1 is 0.784 bits per heavy atom. The van der Waals surface area contributed by atoms with E-state index in [0.29, 0.717) is 19.4 Å². The number of hydrogen-bond acceptors (Lipinski definition) is 14. The summed E-state index contributed by atoms with van der Waals surface area (Å²) in [5.74, 6) is -3.01. The molecule has 3 heterocycles. The Morgan fingerprint density at radius 3 is 1.85 bits per heavy atom. The molecule has 0 aromatic heterocycles. The summed E-state index contributed by atoms with van der Waals surface area (Å²) in [7, 11) is 5.00. The number of aliphatic hydroxyl groups excluding tert-OH is 3. The predicted molar refractivity (Wildman–Crippen MR) is 291 cm³/mol. The zero-order chi connectivity index (χ0) is 55.4. The van der Waals surface area contributed by atoms with Crippen LogP contribution in [0.25, 0.3) is 0 Å². The fraction of sp³-hybridized carbons (Fsp3) is 0.763. The van der Waals surface area contributed by atoms with E-state index in [-0.39, 0.29) is 37.5 Å². The number of carbonyl (C=O) groups is 2. The van der Waals surface area contributed by atoms with Crippen molar-refractivity contribution in [3.8, 4) is 0 Å². The molecule has 0 aliphatic carbocycles. The monoisotopic (exact) mass is 1040 g/mol. The number of amides is 1. The minimum atomic E-state index is -1.84. The molecular formula is C59H100N2O13. The third-order valence-electron chi connectivity index (χ3n) is 15.6. The van der Waals surface area contributed by atoms with Crippen LogP contribution in [0.15, 0.2) is 72.9 Å². The van der Waals surface area contributed by atoms with E-state index in [1.165, 1.54) is 14.0 Å². The normalized spacial score (nSPS) is 38.9. The third-order valence-corrected chi connectivity index (χ3v) is 15.6. The first-order valence-electron chi connectivity index (χ1n) is 27.6. The van der Waals surface area contributed by atoms with Crippen molar-refractivity contribution in [1.29, 1.82) is 0 Å². The van der Waals surface area contributed by atoms with Crippen molar-refractivity contribution in [3.05, 3.63) is 72.9 Å². The van der Waals surface area contributed by atoms with Crippen LogP contribution >= 0.6 is 0 Å². The Balaban J connectivity index is 1.83. The summed E-state index contributed by atoms with van der Waals surface area (Å²) in [6, 6.07) is -1.26. The Labute approximate surface area is 445 Å². The minimum absolute atomic E-state index is 0.0890. The van der Waals surface area contributed by atoms with Gasteiger partial charge >= 0.3 is 5.97 Å². The highest BCUT2D eigenvalue weighted by Gasteiger charge is 2.53. The number of methoxy groups -OCH3 is 1. The van der Waals surface area contributed by atoms with Gasteiger partial charge in [0.1, 0.15) is 30.0 Å². The van der Waals surface area contributed by atoms with Crippen molar-refractivity contribution in [2.75, 3.05) is 27.7 Å². The lowest BCUT2D eigenvalue weighted by molar-refractivity contribution is -0.317. The van der Waals surface area contributed by atoms with E-state index in [9.17, 15) is 35.1 Å². The molecule has 3 rings (SSSR count). The molecule has 15 nitrogen and oxygen atoms in total. The van der Waals surface area contributed by atoms with Crippen LogP contribution in [0.1, 0.15) is 153 Å². The smallest absolute Gasteiger partial charge is 0.311 e. The van der Waals surface area contributed by atoms with Gasteiger partial charge in [-0.2, -0.15) is 0 Å². The molecule has 424 valence electrons. The Morgan fingerprint density at radius 2 is 1.32 bits per heavy atom. The van der Waals surface area contributed by atoms with Crippen LogP contribution in [-0.2, 0) is 38.0 Å². The zero-order valence-electron chi connectivity index (χ0n) is 47.7. The van der Waals surface area contributed by atoms with Gasteiger partial charge in [0.05, 0.1) is 47.6 Å². The fourth-order valence-corrected chi connectivity index (χ4v) is 10.8. The molecule has 18 atom stereocenters. The number of esters is 1. The van der Waals surface area contributed by atoms with Crippen molar-refractivity contribution in [1.82, 2.24) is 9.80 Å². The van der Waals surface area contributed by atoms with Gasteiger partial charge in [-0.3, -0.25) is 9.59 Å². The van der Waals surface area contributed by atoms with E-state index < -0.39 is 108 Å². The lowest BCUT2D eigenvalue weighted by Gasteiger charge is -2.49. The molecule has 0 unspecified atom stereocenters. The van der Waals surface area contributed by atoms with Gasteiger partial charge in [0.25, 0.3) is 0 Å². The topological polar surface area (TPSA) is 197 Å². The molecule has 0 aromatic carbocycles. The number of aliphatic hydroxyl groups is 5. The number of carbonyl (C=O) groups excluding carboxylic acids is 2. The maximum atomic E-state index is 14.5. The van der Waals surface area contributed by atoms with Gasteiger partial charge in [0.15, 0.2) is 12.6 Å². The van der Waals surface area contributed by atoms with Gasteiger partial charge in [-0.1, -0.05) is 101 Å². The molecule has 0 spiro atoms. The Kier molecular flexibility index (Phi) is 27.6. The van der Waals surface area contributed by atoms with E-state index in [4.69, 9.17) is 28.4 Å². The standard InChI is InChI=1S/C59H100N2O13/c1-15-17-18-19-20-21-22-23-24-25-26-27-28-29-30-31-32-33-34-35-48(62)61(13)46-36-41(4)70-56(50(46)63)74-54-42(5)51(73-49-38-58(10,69-14)53(65)45(8)71-49)43(6)55(66)72-47(16-2)59(11,68)52(64)44(7)60(12)39-40(3)37-57(54,9)67/h17-18,20-21,23-24,26-27,29-30,32-33,40-47,49-54,56,63-65,67-68H,15-16,19,22,25,28,31,34-39H2,1-14H3/b18-17-,21-20-,24-23-,27-26-,30-29-,33-32-/t40-,41-,42+,43-,44-,45+,46+,47-,49+,50-,51+,52-,53+,54-,56+,57-,58-,59-/m1/s1. The van der Waals surface area contributed by atoms with E-state index in [1.54, 1.807) is 60.4 Å². The van der Waals surface area contributed by atoms with Gasteiger partial charge in [0, 0.05) is 45.5 Å². The van der Waals surface area contributed by atoms with E-state index in [1.807, 2.05) is 37.9 Å². The molecule has 3 fully saturated rings. The largest absolute Gasteiger partial charge is 0.459 e. The van der Waals surface area contributed by atoms with Crippen molar-refractivity contribution >= 4 is 11.9 Å². The second-order valence-corrected chi connectivity index (χ2v) is 22.2. The maximum absolute atomic E-state index is 14.5. The quantitative estimate of drug-likeness (QED) is 0.0544. The lowest BCUT2D eigenvalue weighted by Crippen LogP contribution is -2.61. The minimum Gasteiger partial charge on any atom is -0.459 e. The van der Waals surface area contributed by atoms with Crippen LogP contribution in [0.2, 0.25) is 0 Å². The SMILES string of the molecule is CC/C=C\C/C=C\C/C=C\C/C=C\C/C=C\C/C=C\CCC(=O)N(C)[C@H]1C[C@@H](C)O[C@@H](O[C@@H]2[C@@H](C)[C@H](O[C@H]3C[C@@](C)(OC)[C@@H](O)[C@H](C)O3)[C@@H](C)C(=O)O[C@H](CC)[C@@](C)(O)[C@H](O)[C@@H](C)N(C)C[C@H](C)C[C@@]2(C)O)[C@@H]1O. The van der Waals surface area contributed by atoms with Gasteiger partial charge in [-0.15, -0.1) is 0 Å². The number of hydrogen-bond donors (Lipinski definition) is 5. The van der Waals surface area contributed by atoms with Crippen molar-refractivity contribution < 1.29 is 63.5 Å². The van der Waals surface area contributed by atoms with Crippen LogP contribution in [0.3, 0.4) is 0 Å². The molecule has 5 N–H and O–H groups in total. The number of allylic oxidation sites excluding steroid dienone is 12. The van der Waals surface area contributed by atoms with Crippen molar-refractivity contribution in [3.63, 3.8) is 0 Å². The first-order valence-corrected chi connectivity index (χ1v) is 27.6. The van der Waals surface area contributed by atoms with Gasteiger partial charge < -0.3 is 63.8 Å². The number of rotatable bonds is 21. The molecule has 3 aliphatic heterocycles. The van der Waals surface area contributed by atoms with Crippen LogP contribution in [0, 0.1) is 17.8 Å². The number of cyclic esters (lactones) is 1. The molecule has 3 saturated heterocycles. The Hall–Kier alpha value is -3.06. The molecular weight excluding hydrogens is 945 g/mol. The van der Waals surface area contributed by atoms with Crippen LogP contribution in [0.5, 0.6) is 0 Å². The fourth-order valence-electron chi connectivity index (χ4n) is 10.8. The second kappa shape index (κ2) is 31.4. The second-order valence-electron chi connectivity index (χ2n) is 22.2. The Bertz CT molecular complexity index is 1850. The van der Waals surface area contributed by atoms with E-state index >= 15 is 0 Å². The van der Waals surface area contributed by atoms with Gasteiger partial charge in [-0.25, -0.2) is 0 Å².